The van der Waals surface area contributed by atoms with Crippen molar-refractivity contribution >= 4 is 5.69 Å². The summed E-state index contributed by atoms with van der Waals surface area (Å²) in [6.07, 6.45) is 2.43. The zero-order valence-corrected chi connectivity index (χ0v) is 11.3. The van der Waals surface area contributed by atoms with Crippen LogP contribution in [0.4, 0.5) is 5.69 Å². The van der Waals surface area contributed by atoms with Crippen molar-refractivity contribution in [1.29, 1.82) is 5.26 Å². The lowest BCUT2D eigenvalue weighted by molar-refractivity contribution is 0.788. The number of anilines is 1. The zero-order valence-electron chi connectivity index (χ0n) is 11.3. The number of nitrogens with one attached hydrogen (secondary N) is 1. The molecule has 0 aromatic carbocycles. The lowest BCUT2D eigenvalue weighted by atomic mass is 10.1. The molecular weight excluding hydrogens is 240 g/mol. The second kappa shape index (κ2) is 5.48. The van der Waals surface area contributed by atoms with Crippen LogP contribution < -0.4 is 5.32 Å². The molecule has 0 radical (unpaired) electrons. The fourth-order valence-corrected chi connectivity index (χ4v) is 1.95. The third-order valence-corrected chi connectivity index (χ3v) is 2.91. The van der Waals surface area contributed by atoms with E-state index in [9.17, 15) is 0 Å². The van der Waals surface area contributed by atoms with Crippen LogP contribution >= 0.6 is 0 Å². The Kier molecular flexibility index (Phi) is 3.76. The monoisotopic (exact) mass is 256 g/mol. The van der Waals surface area contributed by atoms with Crippen LogP contribution in [0, 0.1) is 25.2 Å². The van der Waals surface area contributed by atoms with E-state index < -0.39 is 0 Å². The highest BCUT2D eigenvalue weighted by atomic mass is 15.2. The molecule has 98 valence electrons. The van der Waals surface area contributed by atoms with Crippen molar-refractivity contribution in [2.75, 3.05) is 11.9 Å². The first-order chi connectivity index (χ1) is 9.11. The molecule has 2 aromatic rings. The van der Waals surface area contributed by atoms with E-state index in [1.807, 2.05) is 31.5 Å². The quantitative estimate of drug-likeness (QED) is 0.893. The molecule has 0 fully saturated rings. The standard InChI is InChI=1S/C13H16N6/c1-9-6-12(11(7-14)10(2)17-9)15-5-4-13-18-16-8-19(13)3/h6,8H,4-5H2,1-3H3,(H,15,17). The van der Waals surface area contributed by atoms with Gasteiger partial charge in [-0.3, -0.25) is 4.98 Å². The predicted octanol–water partition coefficient (Wildman–Crippen LogP) is 1.35. The van der Waals surface area contributed by atoms with Crippen LogP contribution in [0.1, 0.15) is 22.8 Å². The molecule has 2 rings (SSSR count). The van der Waals surface area contributed by atoms with Gasteiger partial charge in [-0.25, -0.2) is 0 Å². The summed E-state index contributed by atoms with van der Waals surface area (Å²) in [7, 11) is 1.91. The van der Waals surface area contributed by atoms with Gasteiger partial charge in [-0.1, -0.05) is 0 Å². The van der Waals surface area contributed by atoms with Gasteiger partial charge in [0.1, 0.15) is 18.2 Å². The van der Waals surface area contributed by atoms with Gasteiger partial charge in [-0.05, 0) is 19.9 Å². The highest BCUT2D eigenvalue weighted by molar-refractivity contribution is 5.59. The Hall–Kier alpha value is -2.42. The van der Waals surface area contributed by atoms with Crippen molar-refractivity contribution in [2.45, 2.75) is 20.3 Å². The fraction of sp³-hybridized carbons (Fsp3) is 0.385. The molecule has 0 saturated heterocycles. The minimum atomic E-state index is 0.601. The van der Waals surface area contributed by atoms with Crippen LogP contribution in [-0.4, -0.2) is 26.3 Å². The van der Waals surface area contributed by atoms with E-state index in [1.54, 1.807) is 6.33 Å². The molecule has 6 nitrogen and oxygen atoms in total. The topological polar surface area (TPSA) is 79.4 Å². The highest BCUT2D eigenvalue weighted by Gasteiger charge is 2.08. The van der Waals surface area contributed by atoms with Gasteiger partial charge in [0.25, 0.3) is 0 Å². The molecule has 0 aliphatic rings. The first-order valence-corrected chi connectivity index (χ1v) is 6.07. The number of hydrogen-bond acceptors (Lipinski definition) is 5. The SMILES string of the molecule is Cc1cc(NCCc2nncn2C)c(C#N)c(C)n1. The van der Waals surface area contributed by atoms with E-state index >= 15 is 0 Å². The Labute approximate surface area is 112 Å². The van der Waals surface area contributed by atoms with Crippen LogP contribution in [0.25, 0.3) is 0 Å². The van der Waals surface area contributed by atoms with Crippen LogP contribution in [0.3, 0.4) is 0 Å². The molecule has 6 heteroatoms. The van der Waals surface area contributed by atoms with Gasteiger partial charge >= 0.3 is 0 Å². The molecule has 1 N–H and O–H groups in total. The Bertz CT molecular complexity index is 623. The summed E-state index contributed by atoms with van der Waals surface area (Å²) in [5.41, 5.74) is 3.08. The average Bonchev–Trinajstić information content (AvgIpc) is 2.75. The van der Waals surface area contributed by atoms with Gasteiger partial charge in [-0.2, -0.15) is 5.26 Å². The molecule has 0 aliphatic carbocycles. The number of aryl methyl sites for hydroxylation is 3. The second-order valence-electron chi connectivity index (χ2n) is 4.42. The van der Waals surface area contributed by atoms with Gasteiger partial charge in [-0.15, -0.1) is 10.2 Å². The van der Waals surface area contributed by atoms with Crippen molar-refractivity contribution in [2.24, 2.45) is 7.05 Å². The summed E-state index contributed by atoms with van der Waals surface area (Å²) in [6.45, 7) is 4.46. The lowest BCUT2D eigenvalue weighted by Crippen LogP contribution is -2.10. The van der Waals surface area contributed by atoms with E-state index in [1.165, 1.54) is 0 Å². The number of nitrogens with zero attached hydrogens (tertiary/aromatic N) is 5. The third-order valence-electron chi connectivity index (χ3n) is 2.91. The highest BCUT2D eigenvalue weighted by Crippen LogP contribution is 2.18. The molecule has 0 spiro atoms. The van der Waals surface area contributed by atoms with E-state index in [0.29, 0.717) is 12.1 Å². The summed E-state index contributed by atoms with van der Waals surface area (Å²) in [6, 6.07) is 4.08. The second-order valence-corrected chi connectivity index (χ2v) is 4.42. The Balaban J connectivity index is 2.08. The van der Waals surface area contributed by atoms with Crippen molar-refractivity contribution < 1.29 is 0 Å². The van der Waals surface area contributed by atoms with Gasteiger partial charge in [0, 0.05) is 25.7 Å². The number of rotatable bonds is 4. The first-order valence-electron chi connectivity index (χ1n) is 6.07. The van der Waals surface area contributed by atoms with E-state index in [2.05, 4.69) is 26.6 Å². The maximum absolute atomic E-state index is 9.16. The maximum Gasteiger partial charge on any atom is 0.134 e. The Morgan fingerprint density at radius 3 is 2.84 bits per heavy atom. The average molecular weight is 256 g/mol. The zero-order chi connectivity index (χ0) is 13.8. The van der Waals surface area contributed by atoms with Gasteiger partial charge in [0.2, 0.25) is 0 Å². The molecular formula is C13H16N6. The molecule has 0 atom stereocenters. The first kappa shape index (κ1) is 13.0. The number of hydrogen-bond donors (Lipinski definition) is 1. The van der Waals surface area contributed by atoms with E-state index in [0.717, 1.165) is 29.3 Å². The molecule has 2 aromatic heterocycles. The van der Waals surface area contributed by atoms with Crippen LogP contribution in [0.2, 0.25) is 0 Å². The summed E-state index contributed by atoms with van der Waals surface area (Å²) < 4.78 is 1.88. The van der Waals surface area contributed by atoms with Crippen molar-refractivity contribution in [3.8, 4) is 6.07 Å². The third kappa shape index (κ3) is 2.88. The number of pyridine rings is 1. The van der Waals surface area contributed by atoms with Crippen LogP contribution in [0.15, 0.2) is 12.4 Å². The van der Waals surface area contributed by atoms with Gasteiger partial charge in [0.15, 0.2) is 0 Å². The summed E-state index contributed by atoms with van der Waals surface area (Å²) in [5.74, 6) is 0.911. The van der Waals surface area contributed by atoms with Gasteiger partial charge in [0.05, 0.1) is 16.9 Å². The predicted molar refractivity (Wildman–Crippen MR) is 71.6 cm³/mol. The number of nitriles is 1. The normalized spacial score (nSPS) is 10.2. The van der Waals surface area contributed by atoms with E-state index in [4.69, 9.17) is 5.26 Å². The molecule has 0 amide bonds. The van der Waals surface area contributed by atoms with Crippen molar-refractivity contribution in [3.63, 3.8) is 0 Å². The maximum atomic E-state index is 9.16. The summed E-state index contributed by atoms with van der Waals surface area (Å²) >= 11 is 0. The van der Waals surface area contributed by atoms with E-state index in [-0.39, 0.29) is 0 Å². The minimum absolute atomic E-state index is 0.601. The number of aromatic nitrogens is 4. The molecule has 0 bridgehead atoms. The smallest absolute Gasteiger partial charge is 0.134 e. The summed E-state index contributed by atoms with van der Waals surface area (Å²) in [4.78, 5) is 4.29. The van der Waals surface area contributed by atoms with Crippen molar-refractivity contribution in [3.05, 3.63) is 35.2 Å². The molecule has 2 heterocycles. The molecule has 0 aliphatic heterocycles. The Morgan fingerprint density at radius 2 is 2.21 bits per heavy atom. The van der Waals surface area contributed by atoms with Crippen LogP contribution in [-0.2, 0) is 13.5 Å². The molecule has 0 saturated carbocycles. The lowest BCUT2D eigenvalue weighted by Gasteiger charge is -2.10. The largest absolute Gasteiger partial charge is 0.383 e. The minimum Gasteiger partial charge on any atom is -0.383 e. The fourth-order valence-electron chi connectivity index (χ4n) is 1.95. The van der Waals surface area contributed by atoms with Gasteiger partial charge < -0.3 is 9.88 Å². The molecule has 19 heavy (non-hydrogen) atoms. The van der Waals surface area contributed by atoms with Crippen molar-refractivity contribution in [1.82, 2.24) is 19.7 Å². The van der Waals surface area contributed by atoms with Crippen LogP contribution in [0.5, 0.6) is 0 Å². The Morgan fingerprint density at radius 1 is 1.42 bits per heavy atom. The molecule has 0 unspecified atom stereocenters. The summed E-state index contributed by atoms with van der Waals surface area (Å²) in [5, 5.41) is 20.3.